The molecule has 0 saturated carbocycles. The summed E-state index contributed by atoms with van der Waals surface area (Å²) in [5, 5.41) is 2.10. The summed E-state index contributed by atoms with van der Waals surface area (Å²) in [5.74, 6) is -8.52. The van der Waals surface area contributed by atoms with Crippen LogP contribution in [0.15, 0.2) is 6.07 Å². The Balaban J connectivity index is 4.00. The first kappa shape index (κ1) is 25.6. The van der Waals surface area contributed by atoms with Crippen molar-refractivity contribution in [3.05, 3.63) is 11.6 Å². The lowest BCUT2D eigenvalue weighted by Crippen LogP contribution is -2.27. The molecule has 5 nitrogen and oxygen atoms in total. The SMILES string of the molecule is CNC(C)c1c(OC(F)(F)F)cc(OC(F)(F)F)c(OC(F)(F)F)c1OC(F)(F)F. The van der Waals surface area contributed by atoms with Gasteiger partial charge in [-0.2, -0.15) is 0 Å². The van der Waals surface area contributed by atoms with Crippen LogP contribution in [-0.2, 0) is 0 Å². The number of rotatable bonds is 6. The molecule has 30 heavy (non-hydrogen) atoms. The third-order valence-corrected chi connectivity index (χ3v) is 2.96. The van der Waals surface area contributed by atoms with E-state index in [4.69, 9.17) is 0 Å². The van der Waals surface area contributed by atoms with Crippen molar-refractivity contribution in [1.29, 1.82) is 0 Å². The highest BCUT2D eigenvalue weighted by Gasteiger charge is 2.45. The lowest BCUT2D eigenvalue weighted by Gasteiger charge is -2.26. The Hall–Kier alpha value is -2.46. The van der Waals surface area contributed by atoms with E-state index in [-0.39, 0.29) is 6.07 Å². The zero-order valence-electron chi connectivity index (χ0n) is 14.3. The molecular weight excluding hydrogens is 462 g/mol. The standard InChI is InChI=1S/C13H9F12NO4/c1-4(26-2)7-5(27-10(14,15)16)3-6(28-11(17,18)19)8(29-12(20,21)22)9(7)30-13(23,24)25/h3-4,26H,1-2H3. The van der Waals surface area contributed by atoms with Gasteiger partial charge in [0.05, 0.1) is 5.56 Å². The van der Waals surface area contributed by atoms with Crippen molar-refractivity contribution in [3.8, 4) is 23.0 Å². The molecule has 0 radical (unpaired) electrons. The molecule has 1 aromatic rings. The maximum atomic E-state index is 12.7. The highest BCUT2D eigenvalue weighted by molar-refractivity contribution is 5.63. The highest BCUT2D eigenvalue weighted by Crippen LogP contribution is 2.52. The third-order valence-electron chi connectivity index (χ3n) is 2.96. The van der Waals surface area contributed by atoms with Gasteiger partial charge in [0.1, 0.15) is 5.75 Å². The quantitative estimate of drug-likeness (QED) is 0.551. The van der Waals surface area contributed by atoms with Gasteiger partial charge in [0, 0.05) is 12.1 Å². The predicted molar refractivity (Wildman–Crippen MR) is 70.6 cm³/mol. The summed E-state index contributed by atoms with van der Waals surface area (Å²) >= 11 is 0. The van der Waals surface area contributed by atoms with E-state index in [1.165, 1.54) is 0 Å². The van der Waals surface area contributed by atoms with E-state index >= 15 is 0 Å². The van der Waals surface area contributed by atoms with Crippen LogP contribution < -0.4 is 24.3 Å². The maximum Gasteiger partial charge on any atom is 0.573 e. The van der Waals surface area contributed by atoms with Gasteiger partial charge >= 0.3 is 25.4 Å². The molecule has 1 unspecified atom stereocenters. The minimum atomic E-state index is -5.89. The number of ether oxygens (including phenoxy) is 4. The van der Waals surface area contributed by atoms with Gasteiger partial charge in [0.25, 0.3) is 0 Å². The summed E-state index contributed by atoms with van der Waals surface area (Å²) in [6, 6.07) is -2.04. The monoisotopic (exact) mass is 471 g/mol. The maximum absolute atomic E-state index is 12.7. The molecule has 0 amide bonds. The second-order valence-corrected chi connectivity index (χ2v) is 5.15. The van der Waals surface area contributed by atoms with Crippen molar-refractivity contribution in [2.75, 3.05) is 7.05 Å². The number of nitrogens with one attached hydrogen (secondary N) is 1. The Morgan fingerprint density at radius 3 is 1.37 bits per heavy atom. The van der Waals surface area contributed by atoms with Crippen LogP contribution in [-0.4, -0.2) is 32.5 Å². The summed E-state index contributed by atoms with van der Waals surface area (Å²) in [6.45, 7) is 0.851. The van der Waals surface area contributed by atoms with Crippen LogP contribution in [0.3, 0.4) is 0 Å². The molecule has 174 valence electrons. The van der Waals surface area contributed by atoms with Crippen molar-refractivity contribution in [3.63, 3.8) is 0 Å². The van der Waals surface area contributed by atoms with Crippen molar-refractivity contribution in [1.82, 2.24) is 5.32 Å². The molecule has 0 fully saturated rings. The molecule has 17 heteroatoms. The molecule has 0 aliphatic rings. The Morgan fingerprint density at radius 1 is 0.633 bits per heavy atom. The van der Waals surface area contributed by atoms with Crippen molar-refractivity contribution < 1.29 is 71.6 Å². The van der Waals surface area contributed by atoms with E-state index in [9.17, 15) is 52.7 Å². The summed E-state index contributed by atoms with van der Waals surface area (Å²) in [7, 11) is 0.962. The van der Waals surface area contributed by atoms with Crippen LogP contribution in [0.1, 0.15) is 18.5 Å². The van der Waals surface area contributed by atoms with Crippen molar-refractivity contribution >= 4 is 0 Å². The fraction of sp³-hybridized carbons (Fsp3) is 0.538. The zero-order valence-corrected chi connectivity index (χ0v) is 14.3. The Morgan fingerprint density at radius 2 is 1.00 bits per heavy atom. The lowest BCUT2D eigenvalue weighted by atomic mass is 10.0. The first-order chi connectivity index (χ1) is 13.2. The first-order valence-electron chi connectivity index (χ1n) is 7.13. The van der Waals surface area contributed by atoms with Gasteiger partial charge in [0.2, 0.25) is 5.75 Å². The minimum Gasteiger partial charge on any atom is -0.405 e. The average molecular weight is 471 g/mol. The average Bonchev–Trinajstić information content (AvgIpc) is 2.44. The topological polar surface area (TPSA) is 49.0 Å². The van der Waals surface area contributed by atoms with Gasteiger partial charge in [-0.1, -0.05) is 0 Å². The molecule has 1 N–H and O–H groups in total. The van der Waals surface area contributed by atoms with Gasteiger partial charge in [-0.05, 0) is 14.0 Å². The van der Waals surface area contributed by atoms with Crippen LogP contribution in [0.4, 0.5) is 52.7 Å². The molecule has 0 bridgehead atoms. The van der Waals surface area contributed by atoms with E-state index in [1.807, 2.05) is 0 Å². The largest absolute Gasteiger partial charge is 0.573 e. The summed E-state index contributed by atoms with van der Waals surface area (Å²) in [4.78, 5) is 0. The summed E-state index contributed by atoms with van der Waals surface area (Å²) < 4.78 is 164. The van der Waals surface area contributed by atoms with Gasteiger partial charge in [-0.15, -0.1) is 52.7 Å². The molecule has 0 aliphatic heterocycles. The second kappa shape index (κ2) is 8.35. The van der Waals surface area contributed by atoms with Crippen LogP contribution in [0.2, 0.25) is 0 Å². The first-order valence-corrected chi connectivity index (χ1v) is 7.13. The summed E-state index contributed by atoms with van der Waals surface area (Å²) in [5.41, 5.74) is -1.39. The highest BCUT2D eigenvalue weighted by atomic mass is 19.4. The number of hydrogen-bond acceptors (Lipinski definition) is 5. The Bertz CT molecular complexity index is 738. The van der Waals surface area contributed by atoms with E-state index in [0.717, 1.165) is 14.0 Å². The number of hydrogen-bond donors (Lipinski definition) is 1. The molecule has 0 aromatic heterocycles. The van der Waals surface area contributed by atoms with Gasteiger partial charge in [-0.3, -0.25) is 0 Å². The van der Waals surface area contributed by atoms with Crippen LogP contribution >= 0.6 is 0 Å². The fourth-order valence-corrected chi connectivity index (χ4v) is 2.00. The van der Waals surface area contributed by atoms with E-state index in [0.29, 0.717) is 0 Å². The molecule has 1 atom stereocenters. The number of alkyl halides is 12. The predicted octanol–water partition coefficient (Wildman–Crippen LogP) is 5.56. The van der Waals surface area contributed by atoms with E-state index in [1.54, 1.807) is 0 Å². The lowest BCUT2D eigenvalue weighted by molar-refractivity contribution is -0.294. The van der Waals surface area contributed by atoms with Crippen LogP contribution in [0, 0.1) is 0 Å². The number of benzene rings is 1. The fourth-order valence-electron chi connectivity index (χ4n) is 2.00. The second-order valence-electron chi connectivity index (χ2n) is 5.15. The van der Waals surface area contributed by atoms with Crippen LogP contribution in [0.5, 0.6) is 23.0 Å². The molecular formula is C13H9F12NO4. The molecule has 0 aliphatic carbocycles. The van der Waals surface area contributed by atoms with Crippen molar-refractivity contribution in [2.45, 2.75) is 38.4 Å². The zero-order chi connectivity index (χ0) is 23.7. The molecule has 1 aromatic carbocycles. The van der Waals surface area contributed by atoms with Gasteiger partial charge in [-0.25, -0.2) is 0 Å². The smallest absolute Gasteiger partial charge is 0.405 e. The Labute approximate surface area is 158 Å². The van der Waals surface area contributed by atoms with Gasteiger partial charge in [0.15, 0.2) is 11.5 Å². The van der Waals surface area contributed by atoms with Crippen LogP contribution in [0.25, 0.3) is 0 Å². The molecule has 0 heterocycles. The van der Waals surface area contributed by atoms with Gasteiger partial charge < -0.3 is 24.3 Å². The van der Waals surface area contributed by atoms with E-state index < -0.39 is 60.1 Å². The Kier molecular flexibility index (Phi) is 7.12. The van der Waals surface area contributed by atoms with E-state index in [2.05, 4.69) is 24.3 Å². The normalized spacial score (nSPS) is 14.3. The molecule has 0 spiro atoms. The van der Waals surface area contributed by atoms with Crippen molar-refractivity contribution in [2.24, 2.45) is 0 Å². The summed E-state index contributed by atoms with van der Waals surface area (Å²) in [6.07, 6.45) is -23.3. The minimum absolute atomic E-state index is 0.367. The molecule has 0 saturated heterocycles. The molecule has 1 rings (SSSR count). The number of halogens is 12. The third kappa shape index (κ3) is 8.11.